The van der Waals surface area contributed by atoms with Gasteiger partial charge in [0.2, 0.25) is 0 Å². The molecular formula is C27H29N3. The van der Waals surface area contributed by atoms with Gasteiger partial charge in [-0.15, -0.1) is 10.2 Å². The summed E-state index contributed by atoms with van der Waals surface area (Å²) in [5.74, 6) is 0.947. The highest BCUT2D eigenvalue weighted by atomic mass is 15.3. The van der Waals surface area contributed by atoms with E-state index in [0.717, 1.165) is 35.4 Å². The summed E-state index contributed by atoms with van der Waals surface area (Å²) in [7, 11) is 0. The van der Waals surface area contributed by atoms with Crippen molar-refractivity contribution in [2.24, 2.45) is 0 Å². The number of nitrogens with zero attached hydrogens (tertiary/aromatic N) is 3. The molecule has 0 aliphatic heterocycles. The van der Waals surface area contributed by atoms with Crippen LogP contribution in [0, 0.1) is 27.7 Å². The summed E-state index contributed by atoms with van der Waals surface area (Å²) < 4.78 is 0. The van der Waals surface area contributed by atoms with Crippen LogP contribution in [-0.4, -0.2) is 16.7 Å². The SMILES string of the molecule is CCN(Cc1ccccc1C)c1nnc(-c2c(C)cc(C)cc2C)c2ccccc12. The standard InChI is InChI=1S/C27H29N3/c1-6-30(17-22-12-8-7-11-19(22)3)27-24-14-10-9-13-23(24)26(28-29-27)25-20(4)15-18(2)16-21(25)5/h7-16H,6,17H2,1-5H3. The van der Waals surface area contributed by atoms with E-state index < -0.39 is 0 Å². The second-order valence-corrected chi connectivity index (χ2v) is 8.13. The molecule has 0 atom stereocenters. The second kappa shape index (κ2) is 8.27. The number of hydrogen-bond donors (Lipinski definition) is 0. The molecule has 3 aromatic carbocycles. The van der Waals surface area contributed by atoms with Gasteiger partial charge in [-0.05, 0) is 56.9 Å². The highest BCUT2D eigenvalue weighted by Gasteiger charge is 2.18. The topological polar surface area (TPSA) is 29.0 Å². The first kappa shape index (κ1) is 20.1. The van der Waals surface area contributed by atoms with E-state index in [2.05, 4.69) is 100 Å². The summed E-state index contributed by atoms with van der Waals surface area (Å²) in [6, 6.07) is 21.5. The predicted octanol–water partition coefficient (Wildman–Crippen LogP) is 6.56. The van der Waals surface area contributed by atoms with Gasteiger partial charge < -0.3 is 4.90 Å². The zero-order valence-corrected chi connectivity index (χ0v) is 18.5. The third kappa shape index (κ3) is 3.68. The number of anilines is 1. The Morgan fingerprint density at radius 1 is 0.733 bits per heavy atom. The number of hydrogen-bond acceptors (Lipinski definition) is 3. The van der Waals surface area contributed by atoms with Gasteiger partial charge >= 0.3 is 0 Å². The average molecular weight is 396 g/mol. The fraction of sp³-hybridized carbons (Fsp3) is 0.259. The molecule has 4 aromatic rings. The van der Waals surface area contributed by atoms with Crippen LogP contribution in [0.2, 0.25) is 0 Å². The Hall–Kier alpha value is -3.20. The molecule has 0 amide bonds. The fourth-order valence-electron chi connectivity index (χ4n) is 4.39. The molecule has 0 aliphatic carbocycles. The van der Waals surface area contributed by atoms with E-state index in [0.29, 0.717) is 0 Å². The van der Waals surface area contributed by atoms with E-state index in [1.54, 1.807) is 0 Å². The summed E-state index contributed by atoms with van der Waals surface area (Å²) in [4.78, 5) is 2.32. The van der Waals surface area contributed by atoms with Crippen LogP contribution in [0.1, 0.15) is 34.7 Å². The highest BCUT2D eigenvalue weighted by Crippen LogP contribution is 2.35. The third-order valence-electron chi connectivity index (χ3n) is 5.89. The Balaban J connectivity index is 1.86. The molecule has 0 unspecified atom stereocenters. The lowest BCUT2D eigenvalue weighted by Gasteiger charge is -2.24. The maximum atomic E-state index is 4.77. The van der Waals surface area contributed by atoms with Gasteiger partial charge in [0.25, 0.3) is 0 Å². The molecule has 0 bridgehead atoms. The smallest absolute Gasteiger partial charge is 0.159 e. The largest absolute Gasteiger partial charge is 0.351 e. The minimum atomic E-state index is 0.823. The van der Waals surface area contributed by atoms with Crippen LogP contribution in [0.4, 0.5) is 5.82 Å². The van der Waals surface area contributed by atoms with Crippen molar-refractivity contribution in [3.05, 3.63) is 88.5 Å². The minimum Gasteiger partial charge on any atom is -0.351 e. The van der Waals surface area contributed by atoms with Crippen LogP contribution < -0.4 is 4.90 Å². The number of fused-ring (bicyclic) bond motifs is 1. The van der Waals surface area contributed by atoms with E-state index in [4.69, 9.17) is 10.2 Å². The van der Waals surface area contributed by atoms with Gasteiger partial charge in [-0.1, -0.05) is 66.2 Å². The molecular weight excluding hydrogens is 366 g/mol. The Labute approximate surface area is 179 Å². The van der Waals surface area contributed by atoms with Crippen LogP contribution in [0.3, 0.4) is 0 Å². The second-order valence-electron chi connectivity index (χ2n) is 8.13. The van der Waals surface area contributed by atoms with Gasteiger partial charge in [0.1, 0.15) is 5.69 Å². The lowest BCUT2D eigenvalue weighted by Crippen LogP contribution is -2.24. The molecule has 4 rings (SSSR count). The first-order chi connectivity index (χ1) is 14.5. The summed E-state index contributed by atoms with van der Waals surface area (Å²) in [6.07, 6.45) is 0. The van der Waals surface area contributed by atoms with Crippen LogP contribution >= 0.6 is 0 Å². The minimum absolute atomic E-state index is 0.823. The van der Waals surface area contributed by atoms with Crippen molar-refractivity contribution in [3.63, 3.8) is 0 Å². The van der Waals surface area contributed by atoms with Crippen molar-refractivity contribution in [3.8, 4) is 11.3 Å². The van der Waals surface area contributed by atoms with Crippen molar-refractivity contribution in [2.45, 2.75) is 41.2 Å². The average Bonchev–Trinajstić information content (AvgIpc) is 2.73. The van der Waals surface area contributed by atoms with E-state index >= 15 is 0 Å². The van der Waals surface area contributed by atoms with E-state index in [1.807, 2.05) is 0 Å². The Morgan fingerprint density at radius 3 is 2.03 bits per heavy atom. The molecule has 0 saturated heterocycles. The van der Waals surface area contributed by atoms with Crippen LogP contribution in [-0.2, 0) is 6.54 Å². The van der Waals surface area contributed by atoms with Crippen molar-refractivity contribution >= 4 is 16.6 Å². The summed E-state index contributed by atoms with van der Waals surface area (Å²) >= 11 is 0. The van der Waals surface area contributed by atoms with Gasteiger partial charge in [0.05, 0.1) is 0 Å². The molecule has 152 valence electrons. The number of aryl methyl sites for hydroxylation is 4. The quantitative estimate of drug-likeness (QED) is 0.383. The number of rotatable bonds is 5. The maximum Gasteiger partial charge on any atom is 0.159 e. The molecule has 3 nitrogen and oxygen atoms in total. The van der Waals surface area contributed by atoms with Gasteiger partial charge in [-0.2, -0.15) is 0 Å². The van der Waals surface area contributed by atoms with Crippen LogP contribution in [0.5, 0.6) is 0 Å². The van der Waals surface area contributed by atoms with Gasteiger partial charge in [-0.25, -0.2) is 0 Å². The van der Waals surface area contributed by atoms with Crippen LogP contribution in [0.25, 0.3) is 22.0 Å². The van der Waals surface area contributed by atoms with Crippen molar-refractivity contribution in [1.29, 1.82) is 0 Å². The monoisotopic (exact) mass is 395 g/mol. The Morgan fingerprint density at radius 2 is 1.37 bits per heavy atom. The van der Waals surface area contributed by atoms with Gasteiger partial charge in [0.15, 0.2) is 5.82 Å². The molecule has 0 radical (unpaired) electrons. The molecule has 0 N–H and O–H groups in total. The third-order valence-corrected chi connectivity index (χ3v) is 5.89. The summed E-state index contributed by atoms with van der Waals surface area (Å²) in [5.41, 5.74) is 8.54. The summed E-state index contributed by atoms with van der Waals surface area (Å²) in [5, 5.41) is 11.8. The molecule has 0 aliphatic rings. The molecule has 1 heterocycles. The molecule has 30 heavy (non-hydrogen) atoms. The zero-order valence-electron chi connectivity index (χ0n) is 18.5. The normalized spacial score (nSPS) is 11.1. The van der Waals surface area contributed by atoms with Crippen molar-refractivity contribution in [1.82, 2.24) is 10.2 Å². The number of benzene rings is 3. The van der Waals surface area contributed by atoms with E-state index in [-0.39, 0.29) is 0 Å². The van der Waals surface area contributed by atoms with Crippen molar-refractivity contribution in [2.75, 3.05) is 11.4 Å². The lowest BCUT2D eigenvalue weighted by molar-refractivity contribution is 0.800. The first-order valence-electron chi connectivity index (χ1n) is 10.6. The molecule has 0 spiro atoms. The van der Waals surface area contributed by atoms with E-state index in [9.17, 15) is 0 Å². The molecule has 3 heteroatoms. The van der Waals surface area contributed by atoms with Gasteiger partial charge in [-0.3, -0.25) is 0 Å². The molecule has 1 aromatic heterocycles. The zero-order chi connectivity index (χ0) is 21.3. The maximum absolute atomic E-state index is 4.77. The lowest BCUT2D eigenvalue weighted by atomic mass is 9.94. The first-order valence-corrected chi connectivity index (χ1v) is 10.6. The fourth-order valence-corrected chi connectivity index (χ4v) is 4.39. The predicted molar refractivity (Wildman–Crippen MR) is 127 cm³/mol. The molecule has 0 saturated carbocycles. The van der Waals surface area contributed by atoms with Crippen LogP contribution in [0.15, 0.2) is 60.7 Å². The number of aromatic nitrogens is 2. The Kier molecular flexibility index (Phi) is 5.54. The summed E-state index contributed by atoms with van der Waals surface area (Å²) in [6.45, 7) is 12.5. The van der Waals surface area contributed by atoms with E-state index in [1.165, 1.54) is 33.4 Å². The molecule has 0 fully saturated rings. The Bertz CT molecular complexity index is 1190. The van der Waals surface area contributed by atoms with Crippen molar-refractivity contribution < 1.29 is 0 Å². The highest BCUT2D eigenvalue weighted by molar-refractivity contribution is 6.01. The van der Waals surface area contributed by atoms with Gasteiger partial charge in [0, 0.05) is 29.4 Å².